The number of likely N-dealkylation sites (N-methyl/N-ethyl adjacent to an activating group) is 1. The maximum Gasteiger partial charge on any atom is 0.282 e. The summed E-state index contributed by atoms with van der Waals surface area (Å²) in [7, 11) is 3.56. The first-order valence-electron chi connectivity index (χ1n) is 7.62. The molecule has 0 fully saturated rings. The molecule has 2 atom stereocenters. The van der Waals surface area contributed by atoms with Crippen LogP contribution < -0.4 is 15.0 Å². The van der Waals surface area contributed by atoms with Crippen LogP contribution in [-0.4, -0.2) is 26.1 Å². The van der Waals surface area contributed by atoms with Gasteiger partial charge >= 0.3 is 0 Å². The molecule has 0 saturated heterocycles. The van der Waals surface area contributed by atoms with Crippen LogP contribution in [0.25, 0.3) is 0 Å². The number of hydrogen-bond acceptors (Lipinski definition) is 2. The van der Waals surface area contributed by atoms with Crippen LogP contribution in [0, 0.1) is 0 Å². The van der Waals surface area contributed by atoms with E-state index >= 15 is 0 Å². The summed E-state index contributed by atoms with van der Waals surface area (Å²) >= 11 is 9.55. The SMILES string of the molecule is COc1ccc(Cl)cc1NC(=O)[C@@H](C)[NH+](C)Cc1ccccc1Br. The van der Waals surface area contributed by atoms with Crippen LogP contribution in [0.15, 0.2) is 46.9 Å². The Labute approximate surface area is 155 Å². The minimum atomic E-state index is -0.235. The number of ether oxygens (including phenoxy) is 1. The molecule has 24 heavy (non-hydrogen) atoms. The van der Waals surface area contributed by atoms with Gasteiger partial charge in [0.2, 0.25) is 0 Å². The molecule has 0 bridgehead atoms. The summed E-state index contributed by atoms with van der Waals surface area (Å²) in [4.78, 5) is 13.6. The molecule has 0 heterocycles. The number of benzene rings is 2. The number of anilines is 1. The standard InChI is InChI=1S/C18H20BrClN2O2/c1-12(22(2)11-13-6-4-5-7-15(13)19)18(23)21-16-10-14(20)8-9-17(16)24-3/h4-10,12H,11H2,1-3H3,(H,21,23)/p+1/t12-/m1/s1. The predicted octanol–water partition coefficient (Wildman–Crippen LogP) is 3.15. The van der Waals surface area contributed by atoms with Crippen molar-refractivity contribution >= 4 is 39.1 Å². The van der Waals surface area contributed by atoms with E-state index in [0.717, 1.165) is 21.5 Å². The third-order valence-corrected chi connectivity index (χ3v) is 4.99. The van der Waals surface area contributed by atoms with Crippen LogP contribution in [0.4, 0.5) is 5.69 Å². The second-order valence-corrected chi connectivity index (χ2v) is 6.96. The van der Waals surface area contributed by atoms with Crippen molar-refractivity contribution in [3.05, 3.63) is 57.5 Å². The number of methoxy groups -OCH3 is 1. The van der Waals surface area contributed by atoms with Gasteiger partial charge in [0, 0.05) is 15.1 Å². The third kappa shape index (κ3) is 4.72. The smallest absolute Gasteiger partial charge is 0.282 e. The molecule has 1 unspecified atom stereocenters. The van der Waals surface area contributed by atoms with Crippen molar-refractivity contribution in [1.82, 2.24) is 0 Å². The number of halogens is 2. The fraction of sp³-hybridized carbons (Fsp3) is 0.278. The Kier molecular flexibility index (Phi) is 6.66. The highest BCUT2D eigenvalue weighted by molar-refractivity contribution is 9.10. The zero-order valence-corrected chi connectivity index (χ0v) is 16.2. The summed E-state index contributed by atoms with van der Waals surface area (Å²) in [5, 5.41) is 3.45. The van der Waals surface area contributed by atoms with Crippen LogP contribution in [0.2, 0.25) is 5.02 Å². The number of hydrogen-bond donors (Lipinski definition) is 2. The van der Waals surface area contributed by atoms with Gasteiger partial charge in [-0.2, -0.15) is 0 Å². The van der Waals surface area contributed by atoms with Crippen LogP contribution in [0.1, 0.15) is 12.5 Å². The van der Waals surface area contributed by atoms with Crippen LogP contribution in [0.3, 0.4) is 0 Å². The van der Waals surface area contributed by atoms with E-state index < -0.39 is 0 Å². The zero-order valence-electron chi connectivity index (χ0n) is 13.9. The van der Waals surface area contributed by atoms with Gasteiger partial charge in [0.05, 0.1) is 19.8 Å². The van der Waals surface area contributed by atoms with E-state index in [1.54, 1.807) is 25.3 Å². The largest absolute Gasteiger partial charge is 0.495 e. The normalized spacial score (nSPS) is 13.2. The second-order valence-electron chi connectivity index (χ2n) is 5.67. The van der Waals surface area contributed by atoms with Gasteiger partial charge in [-0.05, 0) is 31.2 Å². The summed E-state index contributed by atoms with van der Waals surface area (Å²) in [6, 6.07) is 12.9. The lowest BCUT2D eigenvalue weighted by molar-refractivity contribution is -0.907. The summed E-state index contributed by atoms with van der Waals surface area (Å²) in [6.45, 7) is 2.64. The highest BCUT2D eigenvalue weighted by atomic mass is 79.9. The zero-order chi connectivity index (χ0) is 17.7. The molecule has 1 amide bonds. The van der Waals surface area contributed by atoms with Crippen molar-refractivity contribution in [1.29, 1.82) is 0 Å². The van der Waals surface area contributed by atoms with Crippen LogP contribution >= 0.6 is 27.5 Å². The van der Waals surface area contributed by atoms with Gasteiger partial charge in [-0.3, -0.25) is 4.79 Å². The lowest BCUT2D eigenvalue weighted by atomic mass is 10.2. The van der Waals surface area contributed by atoms with Crippen molar-refractivity contribution in [3.8, 4) is 5.75 Å². The van der Waals surface area contributed by atoms with E-state index in [0.29, 0.717) is 16.5 Å². The number of carbonyl (C=O) groups excluding carboxylic acids is 1. The predicted molar refractivity (Wildman–Crippen MR) is 101 cm³/mol. The first kappa shape index (κ1) is 18.8. The number of carbonyl (C=O) groups is 1. The molecule has 2 aromatic rings. The molecular formula is C18H21BrClN2O2+. The fourth-order valence-electron chi connectivity index (χ4n) is 2.34. The van der Waals surface area contributed by atoms with Gasteiger partial charge in [-0.1, -0.05) is 45.7 Å². The van der Waals surface area contributed by atoms with Crippen LogP contribution in [0.5, 0.6) is 5.75 Å². The summed E-state index contributed by atoms with van der Waals surface area (Å²) in [6.07, 6.45) is 0. The van der Waals surface area contributed by atoms with E-state index in [9.17, 15) is 4.79 Å². The molecule has 0 aliphatic carbocycles. The Morgan fingerprint density at radius 2 is 2.04 bits per heavy atom. The Hall–Kier alpha value is -1.56. The quantitative estimate of drug-likeness (QED) is 0.765. The number of amides is 1. The monoisotopic (exact) mass is 411 g/mol. The van der Waals surface area contributed by atoms with Crippen molar-refractivity contribution in [2.75, 3.05) is 19.5 Å². The number of nitrogens with one attached hydrogen (secondary N) is 2. The minimum absolute atomic E-state index is 0.0832. The van der Waals surface area contributed by atoms with E-state index in [4.69, 9.17) is 16.3 Å². The van der Waals surface area contributed by atoms with E-state index in [-0.39, 0.29) is 11.9 Å². The van der Waals surface area contributed by atoms with Crippen LogP contribution in [-0.2, 0) is 11.3 Å². The highest BCUT2D eigenvalue weighted by Gasteiger charge is 2.23. The van der Waals surface area contributed by atoms with Gasteiger partial charge < -0.3 is 15.0 Å². The molecule has 0 radical (unpaired) electrons. The van der Waals surface area contributed by atoms with Crippen molar-refractivity contribution < 1.29 is 14.4 Å². The van der Waals surface area contributed by atoms with E-state index in [1.807, 2.05) is 32.2 Å². The fourth-order valence-corrected chi connectivity index (χ4v) is 2.93. The molecule has 0 saturated carbocycles. The Balaban J connectivity index is 2.06. The molecule has 0 aromatic heterocycles. The van der Waals surface area contributed by atoms with Gasteiger partial charge in [0.1, 0.15) is 12.3 Å². The van der Waals surface area contributed by atoms with E-state index in [1.165, 1.54) is 0 Å². The number of rotatable bonds is 6. The maximum atomic E-state index is 12.6. The van der Waals surface area contributed by atoms with Gasteiger partial charge in [0.25, 0.3) is 5.91 Å². The van der Waals surface area contributed by atoms with Crippen molar-refractivity contribution in [3.63, 3.8) is 0 Å². The Morgan fingerprint density at radius 3 is 2.71 bits per heavy atom. The van der Waals surface area contributed by atoms with Gasteiger partial charge in [-0.15, -0.1) is 0 Å². The average Bonchev–Trinajstić information content (AvgIpc) is 2.56. The molecule has 0 spiro atoms. The lowest BCUT2D eigenvalue weighted by Crippen LogP contribution is -3.12. The Bertz CT molecular complexity index is 724. The second kappa shape index (κ2) is 8.51. The first-order chi connectivity index (χ1) is 11.4. The van der Waals surface area contributed by atoms with Crippen molar-refractivity contribution in [2.24, 2.45) is 0 Å². The highest BCUT2D eigenvalue weighted by Crippen LogP contribution is 2.27. The molecule has 6 heteroatoms. The summed E-state index contributed by atoms with van der Waals surface area (Å²) in [5.41, 5.74) is 1.74. The van der Waals surface area contributed by atoms with Gasteiger partial charge in [-0.25, -0.2) is 0 Å². The third-order valence-electron chi connectivity index (χ3n) is 3.98. The molecule has 2 rings (SSSR count). The molecule has 128 valence electrons. The molecular weight excluding hydrogens is 392 g/mol. The lowest BCUT2D eigenvalue weighted by Gasteiger charge is -2.22. The molecule has 0 aliphatic rings. The maximum absolute atomic E-state index is 12.6. The summed E-state index contributed by atoms with van der Waals surface area (Å²) in [5.74, 6) is 0.503. The molecule has 2 aromatic carbocycles. The molecule has 2 N–H and O–H groups in total. The average molecular weight is 413 g/mol. The molecule has 4 nitrogen and oxygen atoms in total. The topological polar surface area (TPSA) is 42.8 Å². The first-order valence-corrected chi connectivity index (χ1v) is 8.79. The van der Waals surface area contributed by atoms with Crippen molar-refractivity contribution in [2.45, 2.75) is 19.5 Å². The van der Waals surface area contributed by atoms with E-state index in [2.05, 4.69) is 27.3 Å². The summed E-state index contributed by atoms with van der Waals surface area (Å²) < 4.78 is 6.32. The minimum Gasteiger partial charge on any atom is -0.495 e. The molecule has 0 aliphatic heterocycles. The number of quaternary nitrogens is 1. The Morgan fingerprint density at radius 1 is 1.33 bits per heavy atom. The van der Waals surface area contributed by atoms with Gasteiger partial charge in [0.15, 0.2) is 6.04 Å².